The highest BCUT2D eigenvalue weighted by atomic mass is 16.5. The molecule has 1 N–H and O–H groups in total. The molecule has 30 heavy (non-hydrogen) atoms. The zero-order valence-corrected chi connectivity index (χ0v) is 18.8. The number of carbonyl (C=O) groups is 2. The number of benzene rings is 2. The minimum absolute atomic E-state index is 0.100. The average molecular weight is 411 g/mol. The van der Waals surface area contributed by atoms with Crippen molar-refractivity contribution in [2.75, 3.05) is 13.2 Å². The first-order valence-corrected chi connectivity index (χ1v) is 10.6. The normalized spacial score (nSPS) is 12.2. The number of rotatable bonds is 9. The van der Waals surface area contributed by atoms with Gasteiger partial charge in [-0.25, -0.2) is 0 Å². The van der Waals surface area contributed by atoms with Crippen LogP contribution in [0.1, 0.15) is 52.2 Å². The lowest BCUT2D eigenvalue weighted by Crippen LogP contribution is -2.49. The highest BCUT2D eigenvalue weighted by Crippen LogP contribution is 2.31. The van der Waals surface area contributed by atoms with Crippen molar-refractivity contribution in [3.63, 3.8) is 0 Å². The molecule has 0 radical (unpaired) electrons. The lowest BCUT2D eigenvalue weighted by molar-refractivity contribution is -0.142. The van der Waals surface area contributed by atoms with Gasteiger partial charge in [0.05, 0.1) is 0 Å². The molecule has 2 aromatic carbocycles. The molecule has 0 bridgehead atoms. The second-order valence-corrected chi connectivity index (χ2v) is 8.51. The molecule has 162 valence electrons. The summed E-state index contributed by atoms with van der Waals surface area (Å²) in [6.07, 6.45) is 0.845. The molecule has 2 amide bonds. The number of amides is 2. The van der Waals surface area contributed by atoms with Crippen LogP contribution in [0.2, 0.25) is 0 Å². The van der Waals surface area contributed by atoms with E-state index >= 15 is 0 Å². The minimum Gasteiger partial charge on any atom is -0.483 e. The van der Waals surface area contributed by atoms with Gasteiger partial charge in [0.25, 0.3) is 5.91 Å². The number of nitrogens with one attached hydrogen (secondary N) is 1. The fourth-order valence-electron chi connectivity index (χ4n) is 3.19. The number of nitrogens with zero attached hydrogens (tertiary/aromatic N) is 1. The maximum absolute atomic E-state index is 13.1. The Kier molecular flexibility index (Phi) is 8.46. The molecule has 2 rings (SSSR count). The summed E-state index contributed by atoms with van der Waals surface area (Å²) >= 11 is 0. The van der Waals surface area contributed by atoms with Crippen molar-refractivity contribution < 1.29 is 14.3 Å². The van der Waals surface area contributed by atoms with Gasteiger partial charge in [0.2, 0.25) is 5.91 Å². The number of para-hydroxylation sites is 1. The van der Waals surface area contributed by atoms with Crippen LogP contribution in [0.25, 0.3) is 0 Å². The third-order valence-electron chi connectivity index (χ3n) is 4.96. The molecule has 0 aliphatic carbocycles. The summed E-state index contributed by atoms with van der Waals surface area (Å²) in [6.45, 7) is 10.9. The molecule has 0 aliphatic heterocycles. The van der Waals surface area contributed by atoms with E-state index in [4.69, 9.17) is 4.74 Å². The van der Waals surface area contributed by atoms with Gasteiger partial charge in [0, 0.05) is 13.1 Å². The van der Waals surface area contributed by atoms with Crippen LogP contribution < -0.4 is 10.1 Å². The third kappa shape index (κ3) is 6.61. The Bertz CT molecular complexity index is 828. The molecular formula is C25H34N2O3. The Morgan fingerprint density at radius 2 is 1.67 bits per heavy atom. The Balaban J connectivity index is 2.17. The summed E-state index contributed by atoms with van der Waals surface area (Å²) in [5, 5.41) is 2.88. The van der Waals surface area contributed by atoms with Gasteiger partial charge in [0.15, 0.2) is 6.61 Å². The van der Waals surface area contributed by atoms with Crippen molar-refractivity contribution in [2.24, 2.45) is 0 Å². The monoisotopic (exact) mass is 410 g/mol. The summed E-state index contributed by atoms with van der Waals surface area (Å²) in [7, 11) is 0. The Morgan fingerprint density at radius 1 is 1.03 bits per heavy atom. The number of hydrogen-bond donors (Lipinski definition) is 1. The lowest BCUT2D eigenvalue weighted by Gasteiger charge is -2.29. The van der Waals surface area contributed by atoms with E-state index in [9.17, 15) is 9.59 Å². The first-order valence-electron chi connectivity index (χ1n) is 10.6. The van der Waals surface area contributed by atoms with Crippen LogP contribution in [-0.2, 0) is 21.5 Å². The van der Waals surface area contributed by atoms with E-state index in [1.54, 1.807) is 11.8 Å². The second-order valence-electron chi connectivity index (χ2n) is 8.51. The molecule has 0 heterocycles. The van der Waals surface area contributed by atoms with Crippen LogP contribution in [0.3, 0.4) is 0 Å². The molecule has 1 atom stereocenters. The highest BCUT2D eigenvalue weighted by molar-refractivity contribution is 5.87. The van der Waals surface area contributed by atoms with Crippen molar-refractivity contribution >= 4 is 11.8 Å². The van der Waals surface area contributed by atoms with E-state index in [1.165, 1.54) is 0 Å². The van der Waals surface area contributed by atoms with Gasteiger partial charge in [-0.15, -0.1) is 0 Å². The lowest BCUT2D eigenvalue weighted by atomic mass is 9.86. The minimum atomic E-state index is -0.592. The fraction of sp³-hybridized carbons (Fsp3) is 0.440. The van der Waals surface area contributed by atoms with E-state index < -0.39 is 6.04 Å². The largest absolute Gasteiger partial charge is 0.483 e. The first kappa shape index (κ1) is 23.5. The Hall–Kier alpha value is -2.82. The van der Waals surface area contributed by atoms with Crippen LogP contribution in [0, 0.1) is 0 Å². The summed E-state index contributed by atoms with van der Waals surface area (Å²) in [6, 6.07) is 16.9. The van der Waals surface area contributed by atoms with E-state index in [2.05, 4.69) is 26.1 Å². The molecule has 0 aliphatic rings. The van der Waals surface area contributed by atoms with Gasteiger partial charge >= 0.3 is 0 Å². The fourth-order valence-corrected chi connectivity index (χ4v) is 3.19. The topological polar surface area (TPSA) is 58.6 Å². The molecule has 0 saturated heterocycles. The molecule has 0 saturated carbocycles. The van der Waals surface area contributed by atoms with E-state index in [0.717, 1.165) is 17.5 Å². The smallest absolute Gasteiger partial charge is 0.261 e. The number of hydrogen-bond acceptors (Lipinski definition) is 3. The third-order valence-corrected chi connectivity index (χ3v) is 4.96. The predicted octanol–water partition coefficient (Wildman–Crippen LogP) is 4.31. The molecule has 0 unspecified atom stereocenters. The van der Waals surface area contributed by atoms with Gasteiger partial charge in [-0.05, 0) is 36.0 Å². The van der Waals surface area contributed by atoms with Gasteiger partial charge in [0.1, 0.15) is 11.8 Å². The first-order chi connectivity index (χ1) is 14.2. The average Bonchev–Trinajstić information content (AvgIpc) is 2.74. The van der Waals surface area contributed by atoms with Crippen LogP contribution in [0.5, 0.6) is 5.75 Å². The Labute approximate surface area is 180 Å². The molecular weight excluding hydrogens is 376 g/mol. The van der Waals surface area contributed by atoms with Crippen molar-refractivity contribution in [1.29, 1.82) is 0 Å². The maximum atomic E-state index is 13.1. The molecule has 0 aromatic heterocycles. The summed E-state index contributed by atoms with van der Waals surface area (Å²) in [4.78, 5) is 27.3. The predicted molar refractivity (Wildman–Crippen MR) is 120 cm³/mol. The summed E-state index contributed by atoms with van der Waals surface area (Å²) < 4.78 is 5.93. The number of carbonyl (C=O) groups excluding carboxylic acids is 2. The van der Waals surface area contributed by atoms with Crippen molar-refractivity contribution in [1.82, 2.24) is 10.2 Å². The molecule has 2 aromatic rings. The van der Waals surface area contributed by atoms with Crippen molar-refractivity contribution in [3.8, 4) is 5.75 Å². The zero-order chi connectivity index (χ0) is 22.1. The standard InChI is InChI=1S/C25H34N2O3/c1-6-16-26-24(29)19(2)27(17-20-12-8-7-9-13-20)23(28)18-30-22-15-11-10-14-21(22)25(3,4)5/h7-15,19H,6,16-18H2,1-5H3,(H,26,29)/t19-/m0/s1. The summed E-state index contributed by atoms with van der Waals surface area (Å²) in [5.41, 5.74) is 1.91. The van der Waals surface area contributed by atoms with E-state index in [0.29, 0.717) is 18.8 Å². The zero-order valence-electron chi connectivity index (χ0n) is 18.8. The van der Waals surface area contributed by atoms with Gasteiger partial charge in [-0.2, -0.15) is 0 Å². The summed E-state index contributed by atoms with van der Waals surface area (Å²) in [5.74, 6) is 0.319. The van der Waals surface area contributed by atoms with Gasteiger partial charge in [-0.1, -0.05) is 76.2 Å². The second kappa shape index (κ2) is 10.8. The van der Waals surface area contributed by atoms with Crippen molar-refractivity contribution in [2.45, 2.75) is 59.0 Å². The van der Waals surface area contributed by atoms with Gasteiger partial charge < -0.3 is 15.0 Å². The Morgan fingerprint density at radius 3 is 2.30 bits per heavy atom. The van der Waals surface area contributed by atoms with E-state index in [-0.39, 0.29) is 23.8 Å². The quantitative estimate of drug-likeness (QED) is 0.670. The molecule has 0 fully saturated rings. The molecule has 5 nitrogen and oxygen atoms in total. The number of ether oxygens (including phenoxy) is 1. The molecule has 0 spiro atoms. The molecule has 5 heteroatoms. The maximum Gasteiger partial charge on any atom is 0.261 e. The van der Waals surface area contributed by atoms with Crippen LogP contribution >= 0.6 is 0 Å². The van der Waals surface area contributed by atoms with E-state index in [1.807, 2.05) is 61.5 Å². The highest BCUT2D eigenvalue weighted by Gasteiger charge is 2.27. The van der Waals surface area contributed by atoms with Crippen LogP contribution in [0.15, 0.2) is 54.6 Å². The SMILES string of the molecule is CCCNC(=O)[C@H](C)N(Cc1ccccc1)C(=O)COc1ccccc1C(C)(C)C. The van der Waals surface area contributed by atoms with Crippen LogP contribution in [-0.4, -0.2) is 35.9 Å². The van der Waals surface area contributed by atoms with Crippen molar-refractivity contribution in [3.05, 3.63) is 65.7 Å². The van der Waals surface area contributed by atoms with Gasteiger partial charge in [-0.3, -0.25) is 9.59 Å². The van der Waals surface area contributed by atoms with Crippen LogP contribution in [0.4, 0.5) is 0 Å².